The van der Waals surface area contributed by atoms with Crippen molar-refractivity contribution in [3.63, 3.8) is 0 Å². The fraction of sp³-hybridized carbons (Fsp3) is 0.125. The van der Waals surface area contributed by atoms with Crippen molar-refractivity contribution < 1.29 is 17.4 Å². The molecule has 0 bridgehead atoms. The van der Waals surface area contributed by atoms with E-state index in [1.54, 1.807) is 24.3 Å². The summed E-state index contributed by atoms with van der Waals surface area (Å²) in [7, 11) is -3.98. The molecule has 1 aromatic carbocycles. The highest BCUT2D eigenvalue weighted by atomic mass is 32.2. The lowest BCUT2D eigenvalue weighted by Crippen LogP contribution is -2.15. The van der Waals surface area contributed by atoms with Gasteiger partial charge in [0, 0.05) is 18.2 Å². The molecule has 0 spiro atoms. The highest BCUT2D eigenvalue weighted by molar-refractivity contribution is 7.87. The Kier molecular flexibility index (Phi) is 3.54. The Labute approximate surface area is 128 Å². The van der Waals surface area contributed by atoms with E-state index in [0.29, 0.717) is 5.56 Å². The lowest BCUT2D eigenvalue weighted by atomic mass is 9.98. The number of hydrogen-bond donors (Lipinski definition) is 0. The predicted octanol–water partition coefficient (Wildman–Crippen LogP) is 2.30. The van der Waals surface area contributed by atoms with Crippen LogP contribution in [-0.4, -0.2) is 19.2 Å². The summed E-state index contributed by atoms with van der Waals surface area (Å²) < 4.78 is 29.8. The lowest BCUT2D eigenvalue weighted by molar-refractivity contribution is -0.114. The summed E-state index contributed by atoms with van der Waals surface area (Å²) in [6.07, 6.45) is 4.63. The van der Waals surface area contributed by atoms with E-state index in [0.717, 1.165) is 11.1 Å². The van der Waals surface area contributed by atoms with Crippen molar-refractivity contribution in [3.8, 4) is 5.88 Å². The molecule has 6 heteroatoms. The first kappa shape index (κ1) is 14.5. The van der Waals surface area contributed by atoms with Gasteiger partial charge >= 0.3 is 10.1 Å². The second kappa shape index (κ2) is 5.38. The van der Waals surface area contributed by atoms with Crippen LogP contribution in [-0.2, 0) is 21.3 Å². The fourth-order valence-corrected chi connectivity index (χ4v) is 3.08. The molecule has 112 valence electrons. The third kappa shape index (κ3) is 2.78. The normalized spacial score (nSPS) is 13.8. The molecule has 0 amide bonds. The number of rotatable bonds is 3. The van der Waals surface area contributed by atoms with Gasteiger partial charge in [0.05, 0.1) is 0 Å². The van der Waals surface area contributed by atoms with Crippen LogP contribution in [0.1, 0.15) is 16.7 Å². The minimum atomic E-state index is -3.98. The van der Waals surface area contributed by atoms with Crippen LogP contribution >= 0.6 is 0 Å². The van der Waals surface area contributed by atoms with Gasteiger partial charge in [-0.05, 0) is 36.8 Å². The smallest absolute Gasteiger partial charge is 0.340 e. The number of allylic oxidation sites excluding steroid dienone is 1. The van der Waals surface area contributed by atoms with Crippen molar-refractivity contribution in [1.29, 1.82) is 0 Å². The zero-order valence-corrected chi connectivity index (χ0v) is 12.6. The molecule has 0 unspecified atom stereocenters. The van der Waals surface area contributed by atoms with Gasteiger partial charge in [0.25, 0.3) is 0 Å². The molecule has 0 aliphatic heterocycles. The summed E-state index contributed by atoms with van der Waals surface area (Å²) in [5.41, 5.74) is 2.18. The molecule has 0 atom stereocenters. The van der Waals surface area contributed by atoms with Crippen LogP contribution in [0.25, 0.3) is 6.08 Å². The molecule has 1 heterocycles. The Morgan fingerprint density at radius 1 is 1.09 bits per heavy atom. The minimum absolute atomic E-state index is 0.0456. The number of ketones is 1. The van der Waals surface area contributed by atoms with E-state index >= 15 is 0 Å². The Balaban J connectivity index is 1.98. The summed E-state index contributed by atoms with van der Waals surface area (Å²) in [5, 5.41) is 0. The van der Waals surface area contributed by atoms with E-state index in [4.69, 9.17) is 4.18 Å². The molecule has 5 nitrogen and oxygen atoms in total. The number of aryl methyl sites for hydroxylation is 1. The summed E-state index contributed by atoms with van der Waals surface area (Å²) >= 11 is 0. The third-order valence-corrected chi connectivity index (χ3v) is 4.58. The van der Waals surface area contributed by atoms with Gasteiger partial charge in [-0.1, -0.05) is 23.8 Å². The van der Waals surface area contributed by atoms with Gasteiger partial charge in [-0.15, -0.1) is 0 Å². The first-order valence-corrected chi connectivity index (χ1v) is 8.06. The van der Waals surface area contributed by atoms with Crippen LogP contribution in [0.3, 0.4) is 0 Å². The monoisotopic (exact) mass is 315 g/mol. The zero-order chi connectivity index (χ0) is 15.7. The van der Waals surface area contributed by atoms with E-state index in [2.05, 4.69) is 4.98 Å². The van der Waals surface area contributed by atoms with Crippen molar-refractivity contribution in [2.75, 3.05) is 0 Å². The number of carbonyl (C=O) groups excluding carboxylic acids is 1. The molecule has 1 aliphatic rings. The van der Waals surface area contributed by atoms with Crippen LogP contribution < -0.4 is 4.18 Å². The number of nitrogens with zero attached hydrogens (tertiary/aromatic N) is 1. The van der Waals surface area contributed by atoms with Crippen LogP contribution in [0.4, 0.5) is 0 Å². The molecular formula is C16H13NO4S. The van der Waals surface area contributed by atoms with Crippen LogP contribution in [0.2, 0.25) is 0 Å². The highest BCUT2D eigenvalue weighted by Gasteiger charge is 2.22. The first-order valence-electron chi connectivity index (χ1n) is 6.66. The van der Waals surface area contributed by atoms with Crippen molar-refractivity contribution in [2.45, 2.75) is 18.2 Å². The van der Waals surface area contributed by atoms with Crippen LogP contribution in [0.15, 0.2) is 47.5 Å². The van der Waals surface area contributed by atoms with Crippen LogP contribution in [0, 0.1) is 6.92 Å². The number of pyridine rings is 1. The van der Waals surface area contributed by atoms with E-state index in [-0.39, 0.29) is 23.0 Å². The second-order valence-corrected chi connectivity index (χ2v) is 6.56. The Hall–Kier alpha value is -2.47. The molecule has 0 saturated carbocycles. The Morgan fingerprint density at radius 3 is 2.55 bits per heavy atom. The molecule has 22 heavy (non-hydrogen) atoms. The molecular weight excluding hydrogens is 302 g/mol. The highest BCUT2D eigenvalue weighted by Crippen LogP contribution is 2.27. The van der Waals surface area contributed by atoms with E-state index in [1.807, 2.05) is 6.92 Å². The molecule has 0 fully saturated rings. The quantitative estimate of drug-likeness (QED) is 0.813. The van der Waals surface area contributed by atoms with Gasteiger partial charge in [0.1, 0.15) is 4.90 Å². The number of benzene rings is 1. The van der Waals surface area contributed by atoms with E-state index in [9.17, 15) is 13.2 Å². The van der Waals surface area contributed by atoms with Crippen molar-refractivity contribution in [2.24, 2.45) is 0 Å². The molecule has 2 aromatic rings. The van der Waals surface area contributed by atoms with Gasteiger partial charge in [-0.25, -0.2) is 4.98 Å². The maximum atomic E-state index is 12.3. The number of hydrogen-bond acceptors (Lipinski definition) is 5. The Bertz CT molecular complexity index is 868. The van der Waals surface area contributed by atoms with Crippen molar-refractivity contribution >= 4 is 22.0 Å². The molecule has 0 radical (unpaired) electrons. The average molecular weight is 315 g/mol. The topological polar surface area (TPSA) is 73.3 Å². The van der Waals surface area contributed by atoms with Crippen molar-refractivity contribution in [1.82, 2.24) is 4.98 Å². The van der Waals surface area contributed by atoms with Gasteiger partial charge < -0.3 is 4.18 Å². The lowest BCUT2D eigenvalue weighted by Gasteiger charge is -2.14. The van der Waals surface area contributed by atoms with Gasteiger partial charge in [0.15, 0.2) is 5.78 Å². The Morgan fingerprint density at radius 2 is 1.82 bits per heavy atom. The van der Waals surface area contributed by atoms with E-state index < -0.39 is 10.1 Å². The standard InChI is InChI=1S/C16H13NO4S/c1-11-2-6-14(7-3-11)22(19,20)21-16-15-10-13(18)5-4-12(15)8-9-17-16/h2-9H,10H2,1H3. The molecule has 1 aliphatic carbocycles. The molecule has 1 aromatic heterocycles. The zero-order valence-electron chi connectivity index (χ0n) is 11.8. The molecule has 0 N–H and O–H groups in total. The van der Waals surface area contributed by atoms with E-state index in [1.165, 1.54) is 24.4 Å². The van der Waals surface area contributed by atoms with Crippen LogP contribution in [0.5, 0.6) is 5.88 Å². The predicted molar refractivity (Wildman–Crippen MR) is 81.0 cm³/mol. The first-order chi connectivity index (χ1) is 10.5. The second-order valence-electron chi connectivity index (χ2n) is 5.01. The largest absolute Gasteiger partial charge is 0.358 e. The number of aromatic nitrogens is 1. The summed E-state index contributed by atoms with van der Waals surface area (Å²) in [6.45, 7) is 1.87. The SMILES string of the molecule is Cc1ccc(S(=O)(=O)Oc2nccc3c2CC(=O)C=C3)cc1. The number of carbonyl (C=O) groups is 1. The number of fused-ring (bicyclic) bond motifs is 1. The molecule has 3 rings (SSSR count). The molecule has 0 saturated heterocycles. The summed E-state index contributed by atoms with van der Waals surface area (Å²) in [5.74, 6) is -0.158. The fourth-order valence-electron chi connectivity index (χ4n) is 2.17. The van der Waals surface area contributed by atoms with Gasteiger partial charge in [-0.3, -0.25) is 4.79 Å². The van der Waals surface area contributed by atoms with Gasteiger partial charge in [0.2, 0.25) is 5.88 Å². The average Bonchev–Trinajstić information content (AvgIpc) is 2.48. The van der Waals surface area contributed by atoms with Crippen molar-refractivity contribution in [3.05, 3.63) is 59.3 Å². The summed E-state index contributed by atoms with van der Waals surface area (Å²) in [4.78, 5) is 15.5. The maximum absolute atomic E-state index is 12.3. The summed E-state index contributed by atoms with van der Waals surface area (Å²) in [6, 6.07) is 8.05. The van der Waals surface area contributed by atoms with Gasteiger partial charge in [-0.2, -0.15) is 8.42 Å². The minimum Gasteiger partial charge on any atom is -0.358 e. The third-order valence-electron chi connectivity index (χ3n) is 3.35. The maximum Gasteiger partial charge on any atom is 0.340 e.